The molecule has 9 aromatic carbocycles. The molecule has 55 heavy (non-hydrogen) atoms. The van der Waals surface area contributed by atoms with Crippen molar-refractivity contribution in [1.29, 1.82) is 0 Å². The standard InChI is InChI=1S/C52H34N2S/c1-2-13-39(14-3-1)53(40-28-22-35(23-29-40)38-27-32-46-47-33-26-36-12-4-5-16-43(36)52(47)55-51(46)34-38)41-30-24-37(25-31-41)42-15-6-9-19-48(42)54-49-20-10-7-17-44(49)45-18-8-11-21-50(45)54/h1-34H. The minimum absolute atomic E-state index is 1.11. The molecular formula is C52H34N2S. The third kappa shape index (κ3) is 5.24. The first-order valence-corrected chi connectivity index (χ1v) is 19.6. The van der Waals surface area contributed by atoms with Crippen molar-refractivity contribution in [2.24, 2.45) is 0 Å². The lowest BCUT2D eigenvalue weighted by Gasteiger charge is -2.26. The summed E-state index contributed by atoms with van der Waals surface area (Å²) >= 11 is 1.89. The molecule has 0 bridgehead atoms. The minimum atomic E-state index is 1.11. The summed E-state index contributed by atoms with van der Waals surface area (Å²) in [6.07, 6.45) is 0. The van der Waals surface area contributed by atoms with E-state index in [0.29, 0.717) is 0 Å². The monoisotopic (exact) mass is 718 g/mol. The highest BCUT2D eigenvalue weighted by molar-refractivity contribution is 7.26. The maximum absolute atomic E-state index is 2.41. The van der Waals surface area contributed by atoms with Crippen LogP contribution >= 0.6 is 11.3 Å². The highest BCUT2D eigenvalue weighted by Crippen LogP contribution is 2.42. The Balaban J connectivity index is 0.958. The molecular weight excluding hydrogens is 685 g/mol. The summed E-state index contributed by atoms with van der Waals surface area (Å²) in [7, 11) is 0. The molecule has 0 fully saturated rings. The van der Waals surface area contributed by atoms with Gasteiger partial charge in [-0.1, -0.05) is 146 Å². The first-order chi connectivity index (χ1) is 27.3. The van der Waals surface area contributed by atoms with Gasteiger partial charge in [0.1, 0.15) is 0 Å². The van der Waals surface area contributed by atoms with Crippen LogP contribution in [-0.2, 0) is 0 Å². The van der Waals surface area contributed by atoms with E-state index in [-0.39, 0.29) is 0 Å². The van der Waals surface area contributed by atoms with Crippen molar-refractivity contribution < 1.29 is 0 Å². The van der Waals surface area contributed by atoms with E-state index in [4.69, 9.17) is 0 Å². The van der Waals surface area contributed by atoms with Gasteiger partial charge in [0.15, 0.2) is 0 Å². The minimum Gasteiger partial charge on any atom is -0.311 e. The number of rotatable bonds is 6. The summed E-state index contributed by atoms with van der Waals surface area (Å²) in [4.78, 5) is 2.34. The topological polar surface area (TPSA) is 8.17 Å². The van der Waals surface area contributed by atoms with Gasteiger partial charge in [-0.2, -0.15) is 0 Å². The number of anilines is 3. The van der Waals surface area contributed by atoms with Crippen molar-refractivity contribution in [3.05, 3.63) is 206 Å². The predicted molar refractivity (Wildman–Crippen MR) is 237 cm³/mol. The molecule has 3 heteroatoms. The number of fused-ring (bicyclic) bond motifs is 8. The van der Waals surface area contributed by atoms with Crippen molar-refractivity contribution in [2.75, 3.05) is 4.90 Å². The van der Waals surface area contributed by atoms with Crippen LogP contribution in [0.1, 0.15) is 0 Å². The fraction of sp³-hybridized carbons (Fsp3) is 0. The molecule has 11 rings (SSSR count). The van der Waals surface area contributed by atoms with E-state index < -0.39 is 0 Å². The predicted octanol–water partition coefficient (Wildman–Crippen LogP) is 15.1. The molecule has 2 heterocycles. The van der Waals surface area contributed by atoms with Crippen molar-refractivity contribution in [1.82, 2.24) is 4.57 Å². The highest BCUT2D eigenvalue weighted by atomic mass is 32.1. The van der Waals surface area contributed by atoms with Crippen LogP contribution in [0.4, 0.5) is 17.1 Å². The lowest BCUT2D eigenvalue weighted by atomic mass is 10.0. The van der Waals surface area contributed by atoms with Gasteiger partial charge in [-0.3, -0.25) is 0 Å². The molecule has 0 atom stereocenters. The van der Waals surface area contributed by atoms with Crippen LogP contribution < -0.4 is 4.90 Å². The first kappa shape index (κ1) is 31.6. The van der Waals surface area contributed by atoms with Crippen LogP contribution in [0.2, 0.25) is 0 Å². The van der Waals surface area contributed by atoms with Gasteiger partial charge >= 0.3 is 0 Å². The van der Waals surface area contributed by atoms with Crippen LogP contribution in [0.25, 0.3) is 80.7 Å². The zero-order chi connectivity index (χ0) is 36.3. The number of hydrogen-bond donors (Lipinski definition) is 0. The lowest BCUT2D eigenvalue weighted by Crippen LogP contribution is -2.09. The summed E-state index contributed by atoms with van der Waals surface area (Å²) in [5.41, 5.74) is 11.7. The van der Waals surface area contributed by atoms with Crippen molar-refractivity contribution >= 4 is 81.1 Å². The maximum Gasteiger partial charge on any atom is 0.0541 e. The summed E-state index contributed by atoms with van der Waals surface area (Å²) in [6, 6.07) is 75.0. The smallest absolute Gasteiger partial charge is 0.0541 e. The Morgan fingerprint density at radius 2 is 0.909 bits per heavy atom. The second-order valence-corrected chi connectivity index (χ2v) is 15.2. The Hall–Kier alpha value is -6.94. The summed E-state index contributed by atoms with van der Waals surface area (Å²) < 4.78 is 5.09. The van der Waals surface area contributed by atoms with Crippen molar-refractivity contribution in [3.8, 4) is 27.9 Å². The quantitative estimate of drug-likeness (QED) is 0.166. The Labute approximate surface area is 323 Å². The van der Waals surface area contributed by atoms with Gasteiger partial charge in [0.25, 0.3) is 0 Å². The van der Waals surface area contributed by atoms with E-state index in [9.17, 15) is 0 Å². The highest BCUT2D eigenvalue weighted by Gasteiger charge is 2.17. The largest absolute Gasteiger partial charge is 0.311 e. The molecule has 0 unspecified atom stereocenters. The van der Waals surface area contributed by atoms with Gasteiger partial charge in [-0.25, -0.2) is 0 Å². The fourth-order valence-corrected chi connectivity index (χ4v) is 9.67. The van der Waals surface area contributed by atoms with Gasteiger partial charge in [-0.15, -0.1) is 11.3 Å². The fourth-order valence-electron chi connectivity index (χ4n) is 8.40. The Kier molecular flexibility index (Phi) is 7.39. The number of thiophene rings is 1. The summed E-state index contributed by atoms with van der Waals surface area (Å²) in [5, 5.41) is 7.81. The van der Waals surface area contributed by atoms with Gasteiger partial charge in [-0.05, 0) is 88.1 Å². The lowest BCUT2D eigenvalue weighted by molar-refractivity contribution is 1.18. The van der Waals surface area contributed by atoms with E-state index in [1.54, 1.807) is 0 Å². The molecule has 258 valence electrons. The molecule has 2 aromatic heterocycles. The normalized spacial score (nSPS) is 11.6. The average molecular weight is 719 g/mol. The molecule has 0 saturated carbocycles. The van der Waals surface area contributed by atoms with Crippen LogP contribution in [-0.4, -0.2) is 4.57 Å². The molecule has 0 saturated heterocycles. The third-order valence-electron chi connectivity index (χ3n) is 11.0. The van der Waals surface area contributed by atoms with Crippen LogP contribution in [0, 0.1) is 0 Å². The van der Waals surface area contributed by atoms with Crippen molar-refractivity contribution in [2.45, 2.75) is 0 Å². The molecule has 0 radical (unpaired) electrons. The Morgan fingerprint density at radius 1 is 0.364 bits per heavy atom. The average Bonchev–Trinajstić information content (AvgIpc) is 3.80. The van der Waals surface area contributed by atoms with E-state index >= 15 is 0 Å². The number of benzene rings is 9. The molecule has 11 aromatic rings. The molecule has 0 N–H and O–H groups in total. The molecule has 0 aliphatic carbocycles. The van der Waals surface area contributed by atoms with Crippen LogP contribution in [0.15, 0.2) is 206 Å². The first-order valence-electron chi connectivity index (χ1n) is 18.8. The Morgan fingerprint density at radius 3 is 1.64 bits per heavy atom. The molecule has 2 nitrogen and oxygen atoms in total. The molecule has 0 amide bonds. The molecule has 0 aliphatic heterocycles. The SMILES string of the molecule is c1ccc(N(c2ccc(-c3ccc4c(c3)sc3c5ccccc5ccc43)cc2)c2ccc(-c3ccccc3-n3c4ccccc4c4ccccc43)cc2)cc1. The van der Waals surface area contributed by atoms with E-state index in [1.807, 2.05) is 11.3 Å². The number of para-hydroxylation sites is 4. The number of nitrogens with zero attached hydrogens (tertiary/aromatic N) is 2. The molecule has 0 aliphatic rings. The zero-order valence-corrected chi connectivity index (χ0v) is 30.7. The maximum atomic E-state index is 2.41. The second kappa shape index (κ2) is 12.9. The van der Waals surface area contributed by atoms with E-state index in [0.717, 1.165) is 17.1 Å². The summed E-state index contributed by atoms with van der Waals surface area (Å²) in [5.74, 6) is 0. The second-order valence-electron chi connectivity index (χ2n) is 14.1. The van der Waals surface area contributed by atoms with Gasteiger partial charge in [0, 0.05) is 53.6 Å². The van der Waals surface area contributed by atoms with E-state index in [1.165, 1.54) is 80.7 Å². The zero-order valence-electron chi connectivity index (χ0n) is 29.9. The van der Waals surface area contributed by atoms with Crippen LogP contribution in [0.3, 0.4) is 0 Å². The summed E-state index contributed by atoms with van der Waals surface area (Å²) in [6.45, 7) is 0. The molecule has 0 spiro atoms. The van der Waals surface area contributed by atoms with Crippen LogP contribution in [0.5, 0.6) is 0 Å². The van der Waals surface area contributed by atoms with Gasteiger partial charge < -0.3 is 9.47 Å². The van der Waals surface area contributed by atoms with Gasteiger partial charge in [0.2, 0.25) is 0 Å². The number of aromatic nitrogens is 1. The number of hydrogen-bond acceptors (Lipinski definition) is 2. The van der Waals surface area contributed by atoms with E-state index in [2.05, 4.69) is 216 Å². The van der Waals surface area contributed by atoms with Gasteiger partial charge in [0.05, 0.1) is 16.7 Å². The van der Waals surface area contributed by atoms with Crippen molar-refractivity contribution in [3.63, 3.8) is 0 Å². The third-order valence-corrected chi connectivity index (χ3v) is 12.2. The Bertz CT molecular complexity index is 3140.